The normalized spacial score (nSPS) is 15.4. The van der Waals surface area contributed by atoms with E-state index < -0.39 is 0 Å². The maximum Gasteiger partial charge on any atom is 0.154 e. The van der Waals surface area contributed by atoms with E-state index in [0.717, 1.165) is 64.2 Å². The van der Waals surface area contributed by atoms with Crippen LogP contribution in [0.5, 0.6) is 0 Å². The molecule has 2 aromatic rings. The summed E-state index contributed by atoms with van der Waals surface area (Å²) in [7, 11) is 0. The van der Waals surface area contributed by atoms with Crippen molar-refractivity contribution in [3.63, 3.8) is 0 Å². The quantitative estimate of drug-likeness (QED) is 0.530. The van der Waals surface area contributed by atoms with Crippen molar-refractivity contribution >= 4 is 11.5 Å². The van der Waals surface area contributed by atoms with E-state index in [4.69, 9.17) is 4.74 Å². The summed E-state index contributed by atoms with van der Waals surface area (Å²) in [6, 6.07) is 19.1. The Morgan fingerprint density at radius 1 is 1.03 bits per heavy atom. The summed E-state index contributed by atoms with van der Waals surface area (Å²) < 4.78 is 5.46. The zero-order chi connectivity index (χ0) is 21.2. The van der Waals surface area contributed by atoms with Gasteiger partial charge in [0, 0.05) is 25.2 Å². The Morgan fingerprint density at radius 3 is 2.37 bits per heavy atom. The van der Waals surface area contributed by atoms with E-state index in [1.165, 1.54) is 11.3 Å². The van der Waals surface area contributed by atoms with Gasteiger partial charge < -0.3 is 9.64 Å². The molecular weight excluding hydrogens is 372 g/mol. The molecule has 3 rings (SSSR count). The highest BCUT2D eigenvalue weighted by Crippen LogP contribution is 2.27. The first-order valence-corrected chi connectivity index (χ1v) is 11.5. The molecule has 162 valence electrons. The minimum absolute atomic E-state index is 0.149. The fraction of sp³-hybridized carbons (Fsp3) is 0.500. The minimum Gasteiger partial charge on any atom is -0.378 e. The second-order valence-electron chi connectivity index (χ2n) is 8.03. The molecule has 0 saturated carbocycles. The molecule has 0 bridgehead atoms. The number of nitrogens with zero attached hydrogens (tertiary/aromatic N) is 2. The number of hydrogen-bond donors (Lipinski definition) is 0. The molecule has 0 amide bonds. The summed E-state index contributed by atoms with van der Waals surface area (Å²) in [5.41, 5.74) is 3.70. The van der Waals surface area contributed by atoms with Crippen molar-refractivity contribution in [2.75, 3.05) is 44.3 Å². The fourth-order valence-corrected chi connectivity index (χ4v) is 4.27. The van der Waals surface area contributed by atoms with Crippen LogP contribution in [0.15, 0.2) is 54.6 Å². The van der Waals surface area contributed by atoms with Crippen molar-refractivity contribution in [3.05, 3.63) is 65.7 Å². The molecule has 1 aliphatic rings. The lowest BCUT2D eigenvalue weighted by atomic mass is 9.97. The Kier molecular flexibility index (Phi) is 8.91. The SMILES string of the molecule is CCCC(=O)C(c1ccc(N2CCOCC2)cc1)N(CC)CCCc1ccccc1. The van der Waals surface area contributed by atoms with Crippen molar-refractivity contribution in [3.8, 4) is 0 Å². The molecule has 2 aromatic carbocycles. The predicted molar refractivity (Wildman–Crippen MR) is 124 cm³/mol. The monoisotopic (exact) mass is 408 g/mol. The first-order chi connectivity index (χ1) is 14.7. The van der Waals surface area contributed by atoms with Gasteiger partial charge in [-0.15, -0.1) is 0 Å². The summed E-state index contributed by atoms with van der Waals surface area (Å²) in [6.45, 7) is 9.47. The molecule has 1 unspecified atom stereocenters. The van der Waals surface area contributed by atoms with Crippen LogP contribution in [-0.2, 0) is 16.0 Å². The number of rotatable bonds is 11. The van der Waals surface area contributed by atoms with E-state index >= 15 is 0 Å². The van der Waals surface area contributed by atoms with Crippen LogP contribution in [0.2, 0.25) is 0 Å². The number of benzene rings is 2. The average Bonchev–Trinajstić information content (AvgIpc) is 2.80. The second-order valence-corrected chi connectivity index (χ2v) is 8.03. The van der Waals surface area contributed by atoms with E-state index in [2.05, 4.69) is 78.2 Å². The lowest BCUT2D eigenvalue weighted by molar-refractivity contribution is -0.124. The van der Waals surface area contributed by atoms with Gasteiger partial charge >= 0.3 is 0 Å². The Balaban J connectivity index is 1.70. The Labute approximate surface area is 181 Å². The lowest BCUT2D eigenvalue weighted by Crippen LogP contribution is -2.36. The van der Waals surface area contributed by atoms with Gasteiger partial charge in [-0.3, -0.25) is 9.69 Å². The predicted octanol–water partition coefficient (Wildman–Crippen LogP) is 4.89. The third-order valence-corrected chi connectivity index (χ3v) is 5.91. The van der Waals surface area contributed by atoms with Crippen molar-refractivity contribution in [1.29, 1.82) is 0 Å². The van der Waals surface area contributed by atoms with E-state index in [-0.39, 0.29) is 6.04 Å². The Morgan fingerprint density at radius 2 is 1.73 bits per heavy atom. The maximum atomic E-state index is 13.1. The van der Waals surface area contributed by atoms with Gasteiger partial charge in [0.1, 0.15) is 0 Å². The van der Waals surface area contributed by atoms with Gasteiger partial charge in [-0.1, -0.05) is 56.3 Å². The van der Waals surface area contributed by atoms with Crippen LogP contribution in [0.25, 0.3) is 0 Å². The van der Waals surface area contributed by atoms with Crippen molar-refractivity contribution in [2.45, 2.75) is 45.6 Å². The summed E-state index contributed by atoms with van der Waals surface area (Å²) in [6.07, 6.45) is 3.62. The molecule has 0 radical (unpaired) electrons. The van der Waals surface area contributed by atoms with Gasteiger partial charge in [-0.25, -0.2) is 0 Å². The van der Waals surface area contributed by atoms with Crippen LogP contribution in [0.4, 0.5) is 5.69 Å². The van der Waals surface area contributed by atoms with Crippen LogP contribution >= 0.6 is 0 Å². The van der Waals surface area contributed by atoms with Gasteiger partial charge in [0.2, 0.25) is 0 Å². The van der Waals surface area contributed by atoms with Gasteiger partial charge in [0.15, 0.2) is 5.78 Å². The highest BCUT2D eigenvalue weighted by atomic mass is 16.5. The van der Waals surface area contributed by atoms with E-state index in [0.29, 0.717) is 12.2 Å². The highest BCUT2D eigenvalue weighted by molar-refractivity contribution is 5.85. The molecule has 4 heteroatoms. The van der Waals surface area contributed by atoms with Gasteiger partial charge in [-0.2, -0.15) is 0 Å². The standard InChI is InChI=1S/C26H36N2O2/c1-3-9-25(29)26(27(4-2)17-8-12-22-10-6-5-7-11-22)23-13-15-24(16-14-23)28-18-20-30-21-19-28/h5-7,10-11,13-16,26H,3-4,8-9,12,17-21H2,1-2H3. The number of carbonyl (C=O) groups is 1. The maximum absolute atomic E-state index is 13.1. The number of aryl methyl sites for hydroxylation is 1. The molecule has 1 atom stereocenters. The molecular formula is C26H36N2O2. The smallest absolute Gasteiger partial charge is 0.154 e. The minimum atomic E-state index is -0.149. The number of Topliss-reactive ketones (excluding diaryl/α,β-unsaturated/α-hetero) is 1. The molecule has 1 saturated heterocycles. The number of morpholine rings is 1. The molecule has 0 N–H and O–H groups in total. The number of carbonyl (C=O) groups excluding carboxylic acids is 1. The number of likely N-dealkylation sites (N-methyl/N-ethyl adjacent to an activating group) is 1. The van der Waals surface area contributed by atoms with Crippen molar-refractivity contribution in [2.24, 2.45) is 0 Å². The van der Waals surface area contributed by atoms with E-state index in [9.17, 15) is 4.79 Å². The highest BCUT2D eigenvalue weighted by Gasteiger charge is 2.26. The number of ketones is 1. The second kappa shape index (κ2) is 11.9. The van der Waals surface area contributed by atoms with Gasteiger partial charge in [0.05, 0.1) is 19.3 Å². The first-order valence-electron chi connectivity index (χ1n) is 11.5. The summed E-state index contributed by atoms with van der Waals surface area (Å²) in [5, 5.41) is 0. The van der Waals surface area contributed by atoms with Crippen LogP contribution < -0.4 is 4.90 Å². The fourth-order valence-electron chi connectivity index (χ4n) is 4.27. The third-order valence-electron chi connectivity index (χ3n) is 5.91. The first kappa shape index (κ1) is 22.5. The Bertz CT molecular complexity index is 754. The Hall–Kier alpha value is -2.17. The van der Waals surface area contributed by atoms with Crippen molar-refractivity contribution in [1.82, 2.24) is 4.90 Å². The van der Waals surface area contributed by atoms with Crippen LogP contribution in [0.3, 0.4) is 0 Å². The molecule has 0 spiro atoms. The molecule has 0 aromatic heterocycles. The van der Waals surface area contributed by atoms with E-state index in [1.807, 2.05) is 0 Å². The largest absolute Gasteiger partial charge is 0.378 e. The van der Waals surface area contributed by atoms with Crippen LogP contribution in [0.1, 0.15) is 50.3 Å². The zero-order valence-electron chi connectivity index (χ0n) is 18.6. The third kappa shape index (κ3) is 6.16. The van der Waals surface area contributed by atoms with Gasteiger partial charge in [0.25, 0.3) is 0 Å². The van der Waals surface area contributed by atoms with Crippen LogP contribution in [0, 0.1) is 0 Å². The molecule has 1 fully saturated rings. The summed E-state index contributed by atoms with van der Waals surface area (Å²) in [5.74, 6) is 0.332. The molecule has 1 aliphatic heterocycles. The van der Waals surface area contributed by atoms with E-state index in [1.54, 1.807) is 0 Å². The number of ether oxygens (including phenoxy) is 1. The lowest BCUT2D eigenvalue weighted by Gasteiger charge is -2.32. The molecule has 30 heavy (non-hydrogen) atoms. The average molecular weight is 409 g/mol. The molecule has 4 nitrogen and oxygen atoms in total. The van der Waals surface area contributed by atoms with Crippen molar-refractivity contribution < 1.29 is 9.53 Å². The summed E-state index contributed by atoms with van der Waals surface area (Å²) >= 11 is 0. The van der Waals surface area contributed by atoms with Crippen LogP contribution in [-0.4, -0.2) is 50.1 Å². The molecule has 1 heterocycles. The van der Waals surface area contributed by atoms with Gasteiger partial charge in [-0.05, 0) is 55.6 Å². The number of hydrogen-bond acceptors (Lipinski definition) is 4. The topological polar surface area (TPSA) is 32.8 Å². The molecule has 0 aliphatic carbocycles. The number of anilines is 1. The zero-order valence-corrected chi connectivity index (χ0v) is 18.6. The summed E-state index contributed by atoms with van der Waals surface area (Å²) in [4.78, 5) is 17.8.